The summed E-state index contributed by atoms with van der Waals surface area (Å²) in [6, 6.07) is 7.73. The van der Waals surface area contributed by atoms with Crippen LogP contribution in [0.2, 0.25) is 0 Å². The summed E-state index contributed by atoms with van der Waals surface area (Å²) in [7, 11) is 1.88. The summed E-state index contributed by atoms with van der Waals surface area (Å²) in [5, 5.41) is 4.09. The molecule has 3 heteroatoms. The molecule has 0 unspecified atom stereocenters. The molecule has 0 radical (unpaired) electrons. The van der Waals surface area contributed by atoms with Crippen molar-refractivity contribution >= 4 is 5.78 Å². The molecule has 0 spiro atoms. The van der Waals surface area contributed by atoms with E-state index in [4.69, 9.17) is 0 Å². The second kappa shape index (κ2) is 4.95. The first-order chi connectivity index (χ1) is 8.15. The van der Waals surface area contributed by atoms with Gasteiger partial charge >= 0.3 is 0 Å². The molecule has 17 heavy (non-hydrogen) atoms. The van der Waals surface area contributed by atoms with Crippen LogP contribution in [0.3, 0.4) is 0 Å². The van der Waals surface area contributed by atoms with Gasteiger partial charge in [0.05, 0.1) is 6.20 Å². The topological polar surface area (TPSA) is 34.9 Å². The van der Waals surface area contributed by atoms with Gasteiger partial charge in [0.1, 0.15) is 0 Å². The van der Waals surface area contributed by atoms with Crippen LogP contribution < -0.4 is 0 Å². The number of hydrogen-bond acceptors (Lipinski definition) is 2. The first-order valence-electron chi connectivity index (χ1n) is 5.72. The molecule has 0 N–H and O–H groups in total. The predicted molar refractivity (Wildman–Crippen MR) is 67.0 cm³/mol. The molecule has 0 aliphatic rings. The maximum atomic E-state index is 11.9. The van der Waals surface area contributed by atoms with Gasteiger partial charge in [-0.3, -0.25) is 9.48 Å². The molecular formula is C14H16N2O. The van der Waals surface area contributed by atoms with Crippen LogP contribution in [-0.4, -0.2) is 15.6 Å². The zero-order chi connectivity index (χ0) is 12.3. The molecular weight excluding hydrogens is 212 g/mol. The van der Waals surface area contributed by atoms with Crippen LogP contribution in [0.15, 0.2) is 36.7 Å². The molecule has 0 saturated heterocycles. The number of nitrogens with zero attached hydrogens (tertiary/aromatic N) is 2. The van der Waals surface area contributed by atoms with Crippen molar-refractivity contribution in [3.05, 3.63) is 53.3 Å². The van der Waals surface area contributed by atoms with E-state index in [1.165, 1.54) is 0 Å². The summed E-state index contributed by atoms with van der Waals surface area (Å²) >= 11 is 0. The van der Waals surface area contributed by atoms with Crippen LogP contribution in [0.25, 0.3) is 0 Å². The number of aryl methyl sites for hydroxylation is 3. The first kappa shape index (κ1) is 11.6. The fourth-order valence-corrected chi connectivity index (χ4v) is 1.82. The summed E-state index contributed by atoms with van der Waals surface area (Å²) in [5.41, 5.74) is 3.03. The minimum Gasteiger partial charge on any atom is -0.294 e. The zero-order valence-electron chi connectivity index (χ0n) is 10.2. The highest BCUT2D eigenvalue weighted by Gasteiger charge is 2.06. The minimum atomic E-state index is 0.192. The highest BCUT2D eigenvalue weighted by molar-refractivity contribution is 5.96. The quantitative estimate of drug-likeness (QED) is 0.754. The molecule has 0 aliphatic carbocycles. The highest BCUT2D eigenvalue weighted by atomic mass is 16.1. The SMILES string of the molecule is Cc1cccc(C(=O)CCc2cnn(C)c2)c1. The number of carbonyl (C=O) groups excluding carboxylic acids is 1. The Balaban J connectivity index is 1.98. The fourth-order valence-electron chi connectivity index (χ4n) is 1.82. The van der Waals surface area contributed by atoms with E-state index in [1.54, 1.807) is 4.68 Å². The van der Waals surface area contributed by atoms with Gasteiger partial charge in [-0.1, -0.05) is 23.8 Å². The molecule has 1 heterocycles. The Kier molecular flexibility index (Phi) is 3.38. The molecule has 88 valence electrons. The lowest BCUT2D eigenvalue weighted by Crippen LogP contribution is -2.01. The Hall–Kier alpha value is -1.90. The third-order valence-corrected chi connectivity index (χ3v) is 2.74. The van der Waals surface area contributed by atoms with Crippen LogP contribution >= 0.6 is 0 Å². The summed E-state index contributed by atoms with van der Waals surface area (Å²) in [6.45, 7) is 2.00. The van der Waals surface area contributed by atoms with E-state index in [9.17, 15) is 4.79 Å². The molecule has 2 aromatic rings. The van der Waals surface area contributed by atoms with Gasteiger partial charge in [-0.05, 0) is 25.0 Å². The summed E-state index contributed by atoms with van der Waals surface area (Å²) in [4.78, 5) is 11.9. The van der Waals surface area contributed by atoms with Gasteiger partial charge in [-0.25, -0.2) is 0 Å². The van der Waals surface area contributed by atoms with Crippen molar-refractivity contribution < 1.29 is 4.79 Å². The van der Waals surface area contributed by atoms with E-state index < -0.39 is 0 Å². The van der Waals surface area contributed by atoms with Crippen LogP contribution in [0.1, 0.15) is 27.9 Å². The van der Waals surface area contributed by atoms with Crippen molar-refractivity contribution in [2.24, 2.45) is 7.05 Å². The number of carbonyl (C=O) groups is 1. The number of hydrogen-bond donors (Lipinski definition) is 0. The summed E-state index contributed by atoms with van der Waals surface area (Å²) in [5.74, 6) is 0.192. The van der Waals surface area contributed by atoms with Crippen molar-refractivity contribution in [2.75, 3.05) is 0 Å². The second-order valence-electron chi connectivity index (χ2n) is 4.31. The van der Waals surface area contributed by atoms with Crippen molar-refractivity contribution in [3.63, 3.8) is 0 Å². The summed E-state index contributed by atoms with van der Waals surface area (Å²) in [6.07, 6.45) is 5.04. The molecule has 0 bridgehead atoms. The van der Waals surface area contributed by atoms with Crippen LogP contribution in [-0.2, 0) is 13.5 Å². The molecule has 0 amide bonds. The first-order valence-corrected chi connectivity index (χ1v) is 5.72. The lowest BCUT2D eigenvalue weighted by molar-refractivity contribution is 0.0983. The van der Waals surface area contributed by atoms with E-state index in [2.05, 4.69) is 5.10 Å². The van der Waals surface area contributed by atoms with Crippen molar-refractivity contribution in [2.45, 2.75) is 19.8 Å². The van der Waals surface area contributed by atoms with Crippen molar-refractivity contribution in [3.8, 4) is 0 Å². The molecule has 0 fully saturated rings. The third-order valence-electron chi connectivity index (χ3n) is 2.74. The number of aromatic nitrogens is 2. The van der Waals surface area contributed by atoms with Crippen LogP contribution in [0, 0.1) is 6.92 Å². The number of benzene rings is 1. The Morgan fingerprint density at radius 1 is 1.41 bits per heavy atom. The standard InChI is InChI=1S/C14H16N2O/c1-11-4-3-5-13(8-11)14(17)7-6-12-9-15-16(2)10-12/h3-5,8-10H,6-7H2,1-2H3. The van der Waals surface area contributed by atoms with Crippen LogP contribution in [0.5, 0.6) is 0 Å². The maximum Gasteiger partial charge on any atom is 0.163 e. The lowest BCUT2D eigenvalue weighted by Gasteiger charge is -2.01. The van der Waals surface area contributed by atoms with Gasteiger partial charge in [-0.15, -0.1) is 0 Å². The van der Waals surface area contributed by atoms with Gasteiger partial charge in [0.15, 0.2) is 5.78 Å². The average molecular weight is 228 g/mol. The highest BCUT2D eigenvalue weighted by Crippen LogP contribution is 2.09. The Bertz CT molecular complexity index is 529. The number of rotatable bonds is 4. The van der Waals surface area contributed by atoms with E-state index in [-0.39, 0.29) is 5.78 Å². The molecule has 0 atom stereocenters. The molecule has 1 aromatic heterocycles. The zero-order valence-corrected chi connectivity index (χ0v) is 10.2. The van der Waals surface area contributed by atoms with Gasteiger partial charge in [-0.2, -0.15) is 5.10 Å². The van der Waals surface area contributed by atoms with Gasteiger partial charge in [0.2, 0.25) is 0 Å². The number of Topliss-reactive ketones (excluding diaryl/α,β-unsaturated/α-hetero) is 1. The maximum absolute atomic E-state index is 11.9. The molecule has 3 nitrogen and oxygen atoms in total. The van der Waals surface area contributed by atoms with E-state index in [0.29, 0.717) is 6.42 Å². The third kappa shape index (κ3) is 3.03. The largest absolute Gasteiger partial charge is 0.294 e. The molecule has 0 saturated carbocycles. The van der Waals surface area contributed by atoms with Gasteiger partial charge in [0.25, 0.3) is 0 Å². The second-order valence-corrected chi connectivity index (χ2v) is 4.31. The lowest BCUT2D eigenvalue weighted by atomic mass is 10.0. The fraction of sp³-hybridized carbons (Fsp3) is 0.286. The smallest absolute Gasteiger partial charge is 0.163 e. The van der Waals surface area contributed by atoms with E-state index in [0.717, 1.165) is 23.1 Å². The monoisotopic (exact) mass is 228 g/mol. The summed E-state index contributed by atoms with van der Waals surface area (Å²) < 4.78 is 1.76. The minimum absolute atomic E-state index is 0.192. The van der Waals surface area contributed by atoms with Gasteiger partial charge < -0.3 is 0 Å². The molecule has 2 rings (SSSR count). The van der Waals surface area contributed by atoms with E-state index in [1.807, 2.05) is 50.6 Å². The van der Waals surface area contributed by atoms with Gasteiger partial charge in [0, 0.05) is 25.2 Å². The normalized spacial score (nSPS) is 10.5. The van der Waals surface area contributed by atoms with E-state index >= 15 is 0 Å². The predicted octanol–water partition coefficient (Wildman–Crippen LogP) is 2.54. The molecule has 1 aromatic carbocycles. The van der Waals surface area contributed by atoms with Crippen molar-refractivity contribution in [1.29, 1.82) is 0 Å². The Morgan fingerprint density at radius 2 is 2.24 bits per heavy atom. The Labute approximate surface area is 101 Å². The van der Waals surface area contributed by atoms with Crippen molar-refractivity contribution in [1.82, 2.24) is 9.78 Å². The number of ketones is 1. The Morgan fingerprint density at radius 3 is 2.88 bits per heavy atom. The molecule has 0 aliphatic heterocycles. The average Bonchev–Trinajstić information content (AvgIpc) is 2.72. The van der Waals surface area contributed by atoms with Crippen LogP contribution in [0.4, 0.5) is 0 Å².